The zero-order chi connectivity index (χ0) is 27.1. The van der Waals surface area contributed by atoms with Crippen LogP contribution in [0.15, 0.2) is 91.0 Å². The lowest BCUT2D eigenvalue weighted by Crippen LogP contribution is -2.41. The van der Waals surface area contributed by atoms with Crippen LogP contribution >= 0.6 is 0 Å². The molecule has 0 aromatic heterocycles. The molecule has 39 heavy (non-hydrogen) atoms. The van der Waals surface area contributed by atoms with E-state index in [1.807, 2.05) is 6.92 Å². The molecule has 6 aromatic carbocycles. The quantitative estimate of drug-likeness (QED) is 0.240. The van der Waals surface area contributed by atoms with Crippen molar-refractivity contribution in [2.24, 2.45) is 0 Å². The van der Waals surface area contributed by atoms with E-state index in [-0.39, 0.29) is 5.41 Å². The first kappa shape index (κ1) is 24.3. The van der Waals surface area contributed by atoms with E-state index in [0.717, 1.165) is 16.7 Å². The maximum atomic E-state index is 11.2. The molecule has 0 aliphatic heterocycles. The van der Waals surface area contributed by atoms with Crippen LogP contribution in [0.4, 0.5) is 0 Å². The monoisotopic (exact) mass is 510 g/mol. The van der Waals surface area contributed by atoms with Crippen LogP contribution in [0.5, 0.6) is 0 Å². The predicted molar refractivity (Wildman–Crippen MR) is 164 cm³/mol. The fourth-order valence-electron chi connectivity index (χ4n) is 7.03. The van der Waals surface area contributed by atoms with Crippen LogP contribution in [0.25, 0.3) is 54.6 Å². The van der Waals surface area contributed by atoms with Crippen LogP contribution in [0.2, 0.25) is 0 Å². The van der Waals surface area contributed by atoms with Crippen molar-refractivity contribution in [2.45, 2.75) is 44.6 Å². The second-order valence-electron chi connectivity index (χ2n) is 12.3. The molecule has 7 rings (SSSR count). The van der Waals surface area contributed by atoms with E-state index in [4.69, 9.17) is 4.74 Å². The Morgan fingerprint density at radius 1 is 0.718 bits per heavy atom. The molecule has 0 heterocycles. The van der Waals surface area contributed by atoms with Gasteiger partial charge in [0, 0.05) is 7.11 Å². The van der Waals surface area contributed by atoms with E-state index >= 15 is 0 Å². The fourth-order valence-corrected chi connectivity index (χ4v) is 7.03. The van der Waals surface area contributed by atoms with Gasteiger partial charge >= 0.3 is 0 Å². The number of aliphatic hydroxyl groups excluding tert-OH is 1. The number of ether oxygens (including phenoxy) is 1. The van der Waals surface area contributed by atoms with Crippen molar-refractivity contribution in [3.8, 4) is 22.3 Å². The topological polar surface area (TPSA) is 29.5 Å². The van der Waals surface area contributed by atoms with Gasteiger partial charge in [0.25, 0.3) is 0 Å². The normalized spacial score (nSPS) is 17.7. The van der Waals surface area contributed by atoms with Gasteiger partial charge in [0.1, 0.15) is 0 Å². The molecular formula is C37H34O2. The Hall–Kier alpha value is -3.72. The third-order valence-electron chi connectivity index (χ3n) is 9.06. The summed E-state index contributed by atoms with van der Waals surface area (Å²) >= 11 is 0. The highest BCUT2D eigenvalue weighted by Crippen LogP contribution is 2.52. The standard InChI is InChI=1S/C37H34O2/c1-22(38)37(21-39-5)32-9-7-6-8-29(32)30-16-13-24(20-33(30)37)28-15-12-23-10-11-25-18-27(36(2,3)4)19-26-14-17-31(28)35(23)34(25)26/h6-20,22,38H,21H2,1-5H3. The summed E-state index contributed by atoms with van der Waals surface area (Å²) in [6.45, 7) is 9.15. The number of methoxy groups -OCH3 is 1. The summed E-state index contributed by atoms with van der Waals surface area (Å²) < 4.78 is 5.77. The molecular weight excluding hydrogens is 476 g/mol. The van der Waals surface area contributed by atoms with E-state index in [9.17, 15) is 5.11 Å². The van der Waals surface area contributed by atoms with Crippen molar-refractivity contribution in [1.82, 2.24) is 0 Å². The number of hydrogen-bond donors (Lipinski definition) is 1. The highest BCUT2D eigenvalue weighted by molar-refractivity contribution is 6.25. The zero-order valence-corrected chi connectivity index (χ0v) is 23.3. The average molecular weight is 511 g/mol. The molecule has 2 nitrogen and oxygen atoms in total. The van der Waals surface area contributed by atoms with Crippen molar-refractivity contribution in [1.29, 1.82) is 0 Å². The highest BCUT2D eigenvalue weighted by Gasteiger charge is 2.47. The van der Waals surface area contributed by atoms with Gasteiger partial charge in [0.15, 0.2) is 0 Å². The smallest absolute Gasteiger partial charge is 0.0704 e. The van der Waals surface area contributed by atoms with Crippen LogP contribution in [-0.4, -0.2) is 24.9 Å². The van der Waals surface area contributed by atoms with Crippen molar-refractivity contribution >= 4 is 32.3 Å². The molecule has 1 N–H and O–H groups in total. The first-order valence-electron chi connectivity index (χ1n) is 13.9. The van der Waals surface area contributed by atoms with Gasteiger partial charge in [0.05, 0.1) is 18.1 Å². The fraction of sp³-hybridized carbons (Fsp3) is 0.243. The molecule has 194 valence electrons. The Balaban J connectivity index is 1.49. The maximum absolute atomic E-state index is 11.2. The first-order valence-corrected chi connectivity index (χ1v) is 13.9. The lowest BCUT2D eigenvalue weighted by Gasteiger charge is -2.34. The van der Waals surface area contributed by atoms with Crippen molar-refractivity contribution in [3.63, 3.8) is 0 Å². The molecule has 6 aromatic rings. The van der Waals surface area contributed by atoms with Gasteiger partial charge in [-0.1, -0.05) is 106 Å². The van der Waals surface area contributed by atoms with Gasteiger partial charge in [-0.15, -0.1) is 0 Å². The molecule has 1 aliphatic rings. The minimum absolute atomic E-state index is 0.0934. The molecule has 0 spiro atoms. The van der Waals surface area contributed by atoms with E-state index in [0.29, 0.717) is 6.61 Å². The predicted octanol–water partition coefficient (Wildman–Crippen LogP) is 8.84. The summed E-state index contributed by atoms with van der Waals surface area (Å²) in [5.41, 5.74) is 7.86. The lowest BCUT2D eigenvalue weighted by atomic mass is 9.74. The summed E-state index contributed by atoms with van der Waals surface area (Å²) in [5, 5.41) is 19.0. The number of hydrogen-bond acceptors (Lipinski definition) is 2. The Bertz CT molecular complexity index is 1870. The Morgan fingerprint density at radius 2 is 1.36 bits per heavy atom. The first-order chi connectivity index (χ1) is 18.7. The second kappa shape index (κ2) is 8.39. The summed E-state index contributed by atoms with van der Waals surface area (Å²) in [6.07, 6.45) is -0.603. The number of aliphatic hydroxyl groups is 1. The second-order valence-corrected chi connectivity index (χ2v) is 12.3. The van der Waals surface area contributed by atoms with Crippen LogP contribution < -0.4 is 0 Å². The SMILES string of the molecule is COCC1(C(C)O)c2ccccc2-c2ccc(-c3ccc4ccc5cc(C(C)(C)C)cc6ccc3c4c56)cc21. The van der Waals surface area contributed by atoms with Gasteiger partial charge in [0.2, 0.25) is 0 Å². The maximum Gasteiger partial charge on any atom is 0.0704 e. The number of fused-ring (bicyclic) bond motifs is 3. The Kier molecular flexibility index (Phi) is 5.23. The molecule has 2 unspecified atom stereocenters. The summed E-state index contributed by atoms with van der Waals surface area (Å²) in [4.78, 5) is 0. The van der Waals surface area contributed by atoms with Gasteiger partial charge in [-0.05, 0) is 89.7 Å². The van der Waals surface area contributed by atoms with E-state index < -0.39 is 11.5 Å². The van der Waals surface area contributed by atoms with Gasteiger partial charge in [-0.25, -0.2) is 0 Å². The third-order valence-corrected chi connectivity index (χ3v) is 9.06. The van der Waals surface area contributed by atoms with Crippen LogP contribution in [0.1, 0.15) is 44.4 Å². The molecule has 2 atom stereocenters. The molecule has 0 saturated heterocycles. The summed E-state index contributed by atoms with van der Waals surface area (Å²) in [7, 11) is 1.72. The van der Waals surface area contributed by atoms with Gasteiger partial charge < -0.3 is 9.84 Å². The molecule has 0 saturated carbocycles. The van der Waals surface area contributed by atoms with Gasteiger partial charge in [-0.2, -0.15) is 0 Å². The molecule has 0 radical (unpaired) electrons. The molecule has 0 bridgehead atoms. The van der Waals surface area contributed by atoms with E-state index in [1.165, 1.54) is 54.6 Å². The molecule has 1 aliphatic carbocycles. The molecule has 2 heteroatoms. The van der Waals surface area contributed by atoms with Crippen LogP contribution in [0, 0.1) is 0 Å². The largest absolute Gasteiger partial charge is 0.392 e. The van der Waals surface area contributed by atoms with Crippen LogP contribution in [0.3, 0.4) is 0 Å². The Labute approximate surface area is 230 Å². The number of rotatable bonds is 4. The Morgan fingerprint density at radius 3 is 2.08 bits per heavy atom. The lowest BCUT2D eigenvalue weighted by molar-refractivity contribution is 0.0551. The van der Waals surface area contributed by atoms with Crippen molar-refractivity contribution < 1.29 is 9.84 Å². The number of benzene rings is 6. The average Bonchev–Trinajstić information content (AvgIpc) is 3.21. The minimum Gasteiger partial charge on any atom is -0.392 e. The molecule has 0 fully saturated rings. The van der Waals surface area contributed by atoms with Gasteiger partial charge in [-0.3, -0.25) is 0 Å². The zero-order valence-electron chi connectivity index (χ0n) is 23.3. The third kappa shape index (κ3) is 3.35. The van der Waals surface area contributed by atoms with E-state index in [2.05, 4.69) is 112 Å². The van der Waals surface area contributed by atoms with Crippen LogP contribution in [-0.2, 0) is 15.6 Å². The molecule has 0 amide bonds. The highest BCUT2D eigenvalue weighted by atomic mass is 16.5. The van der Waals surface area contributed by atoms with Crippen molar-refractivity contribution in [3.05, 3.63) is 108 Å². The van der Waals surface area contributed by atoms with E-state index in [1.54, 1.807) is 7.11 Å². The summed E-state index contributed by atoms with van der Waals surface area (Å²) in [6, 6.07) is 33.6. The van der Waals surface area contributed by atoms with Crippen molar-refractivity contribution in [2.75, 3.05) is 13.7 Å². The minimum atomic E-state index is -0.607. The summed E-state index contributed by atoms with van der Waals surface area (Å²) in [5.74, 6) is 0.